The topological polar surface area (TPSA) is 203 Å². The van der Waals surface area contributed by atoms with Crippen molar-refractivity contribution in [3.05, 3.63) is 44.7 Å². The Morgan fingerprint density at radius 1 is 1.17 bits per heavy atom. The summed E-state index contributed by atoms with van der Waals surface area (Å²) in [6, 6.07) is 4.25. The maximum atomic E-state index is 13.1. The molecule has 0 saturated carbocycles. The molecule has 0 radical (unpaired) electrons. The van der Waals surface area contributed by atoms with E-state index >= 15 is 0 Å². The van der Waals surface area contributed by atoms with Crippen molar-refractivity contribution >= 4 is 66.4 Å². The summed E-state index contributed by atoms with van der Waals surface area (Å²) in [5.74, 6) is -3.05. The summed E-state index contributed by atoms with van der Waals surface area (Å²) in [5.41, 5.74) is 0.885. The number of rotatable bonds is 8. The van der Waals surface area contributed by atoms with Crippen LogP contribution < -0.4 is 24.2 Å². The maximum Gasteiger partial charge on any atom is 0.490 e. The number of ether oxygens (including phenoxy) is 2. The van der Waals surface area contributed by atoms with Gasteiger partial charge in [-0.2, -0.15) is 13.2 Å². The minimum absolute atomic E-state index is 0.00631. The molecule has 2 aromatic heterocycles. The molecule has 21 heteroatoms. The fraction of sp³-hybridized carbons (Fsp3) is 0.250. The lowest BCUT2D eigenvalue weighted by atomic mass is 10.1. The number of carbonyl (C=O) groups is 2. The normalized spacial score (nSPS) is 12.8. The highest BCUT2D eigenvalue weighted by Gasteiger charge is 2.38. The van der Waals surface area contributed by atoms with E-state index in [0.717, 1.165) is 17.6 Å². The van der Waals surface area contributed by atoms with E-state index in [2.05, 4.69) is 19.9 Å². The minimum Gasteiger partial charge on any atom is -0.475 e. The van der Waals surface area contributed by atoms with Gasteiger partial charge in [0.1, 0.15) is 20.5 Å². The van der Waals surface area contributed by atoms with Gasteiger partial charge in [0.25, 0.3) is 21.8 Å². The van der Waals surface area contributed by atoms with Crippen molar-refractivity contribution in [3.63, 3.8) is 0 Å². The van der Waals surface area contributed by atoms with Gasteiger partial charge in [0.2, 0.25) is 16.8 Å². The molecule has 0 fully saturated rings. The number of amides is 1. The minimum atomic E-state index is -5.08. The number of aliphatic carboxylic acids is 1. The second-order valence-corrected chi connectivity index (χ2v) is 12.6. The number of anilines is 2. The largest absolute Gasteiger partial charge is 0.490 e. The van der Waals surface area contributed by atoms with E-state index in [9.17, 15) is 34.8 Å². The van der Waals surface area contributed by atoms with Crippen LogP contribution in [0.1, 0.15) is 20.9 Å². The maximum absolute atomic E-state index is 13.1. The first-order valence-electron chi connectivity index (χ1n) is 10.6. The predicted octanol–water partition coefficient (Wildman–Crippen LogP) is 3.16. The van der Waals surface area contributed by atoms with E-state index in [4.69, 9.17) is 35.5 Å². The van der Waals surface area contributed by atoms with E-state index in [-0.39, 0.29) is 39.7 Å². The molecule has 1 aromatic carbocycles. The number of benzene rings is 1. The summed E-state index contributed by atoms with van der Waals surface area (Å²) < 4.78 is 101. The first-order valence-corrected chi connectivity index (χ1v) is 15.2. The number of halogens is 4. The molecule has 0 unspecified atom stereocenters. The van der Waals surface area contributed by atoms with Crippen LogP contribution in [0.15, 0.2) is 33.0 Å². The Balaban J connectivity index is 0.000000587. The highest BCUT2D eigenvalue weighted by atomic mass is 35.5. The Morgan fingerprint density at radius 2 is 1.78 bits per heavy atom. The molecule has 4 N–H and O–H groups in total. The smallest absolute Gasteiger partial charge is 0.475 e. The van der Waals surface area contributed by atoms with E-state index in [1.54, 1.807) is 0 Å². The van der Waals surface area contributed by atoms with Gasteiger partial charge >= 0.3 is 12.1 Å². The summed E-state index contributed by atoms with van der Waals surface area (Å²) in [6.45, 7) is 1.36. The van der Waals surface area contributed by atoms with Crippen molar-refractivity contribution in [2.24, 2.45) is 0 Å². The molecule has 0 aliphatic carbocycles. The third kappa shape index (κ3) is 8.22. The lowest BCUT2D eigenvalue weighted by Crippen LogP contribution is -2.23. The fourth-order valence-electron chi connectivity index (χ4n) is 2.91. The zero-order valence-electron chi connectivity index (χ0n) is 20.5. The molecule has 0 saturated heterocycles. The van der Waals surface area contributed by atoms with Crippen molar-refractivity contribution in [1.82, 2.24) is 9.88 Å². The number of nitrogens with one attached hydrogen (secondary N) is 3. The molecule has 14 nitrogen and oxygen atoms in total. The number of nitrogens with zero attached hydrogens (tertiary/aromatic N) is 1. The average Bonchev–Trinajstić information content (AvgIpc) is 3.59. The molecule has 0 spiro atoms. The summed E-state index contributed by atoms with van der Waals surface area (Å²) >= 11 is 6.88. The van der Waals surface area contributed by atoms with Crippen LogP contribution in [0, 0.1) is 6.92 Å². The molecule has 3 aromatic rings. The number of hydrogen-bond acceptors (Lipinski definition) is 11. The van der Waals surface area contributed by atoms with Gasteiger partial charge in [0.15, 0.2) is 11.5 Å². The number of fused-ring (bicyclic) bond motifs is 1. The molecular weight excluding hydrogens is 645 g/mol. The summed E-state index contributed by atoms with van der Waals surface area (Å²) in [7, 11) is -7.78. The Morgan fingerprint density at radius 3 is 2.32 bits per heavy atom. The first kappa shape index (κ1) is 31.9. The van der Waals surface area contributed by atoms with Gasteiger partial charge in [-0.05, 0) is 30.0 Å². The van der Waals surface area contributed by atoms with Gasteiger partial charge in [-0.3, -0.25) is 4.79 Å². The molecule has 1 aliphatic heterocycles. The fourth-order valence-corrected chi connectivity index (χ4v) is 5.82. The Labute approximate surface area is 238 Å². The van der Waals surface area contributed by atoms with Gasteiger partial charge < -0.3 is 24.4 Å². The molecule has 4 rings (SSSR count). The van der Waals surface area contributed by atoms with Crippen molar-refractivity contribution in [2.75, 3.05) is 23.1 Å². The van der Waals surface area contributed by atoms with Crippen molar-refractivity contribution < 1.29 is 58.7 Å². The highest BCUT2D eigenvalue weighted by Crippen LogP contribution is 2.38. The number of carbonyl (C=O) groups excluding carboxylic acids is 1. The molecule has 1 aliphatic rings. The van der Waals surface area contributed by atoms with Crippen LogP contribution in [0.5, 0.6) is 11.5 Å². The van der Waals surface area contributed by atoms with Gasteiger partial charge in [-0.15, -0.1) is 11.3 Å². The molecular formula is C20H18ClF3N4O10S3. The van der Waals surface area contributed by atoms with Gasteiger partial charge in [-0.25, -0.2) is 31.1 Å². The second-order valence-electron chi connectivity index (χ2n) is 7.84. The predicted molar refractivity (Wildman–Crippen MR) is 137 cm³/mol. The standard InChI is InChI=1S/C18H17ClN4O8S3.C2HF3O2/c1-9-15(19)18(31-22-9)23-34(27,28)14-3-4-32-16(14)17(24)21-11-6-13-12(29-8-30-13)5-10(11)7-20-33(2,25)26;3-2(4,5)1(6)7/h3-6,20,23H,7-8H2,1-2H3,(H,21,24);(H,6,7). The summed E-state index contributed by atoms with van der Waals surface area (Å²) in [6.07, 6.45) is -4.09. The Bertz CT molecular complexity index is 1690. The van der Waals surface area contributed by atoms with Gasteiger partial charge in [0.05, 0.1) is 6.26 Å². The van der Waals surface area contributed by atoms with Crippen LogP contribution in [-0.4, -0.2) is 58.2 Å². The number of sulfonamides is 2. The SMILES string of the molecule is Cc1noc(NS(=O)(=O)c2ccsc2C(=O)Nc2cc3c(cc2CNS(C)(=O)=O)OCO3)c1Cl.O=C(O)C(F)(F)F. The van der Waals surface area contributed by atoms with Crippen LogP contribution in [0.2, 0.25) is 5.02 Å². The molecule has 3 heterocycles. The van der Waals surface area contributed by atoms with Crippen LogP contribution in [-0.2, 0) is 31.4 Å². The van der Waals surface area contributed by atoms with Crippen LogP contribution in [0.25, 0.3) is 0 Å². The molecule has 0 atom stereocenters. The van der Waals surface area contributed by atoms with Crippen LogP contribution in [0.3, 0.4) is 0 Å². The van der Waals surface area contributed by atoms with E-state index in [1.165, 1.54) is 30.5 Å². The number of hydrogen-bond donors (Lipinski definition) is 4. The lowest BCUT2D eigenvalue weighted by molar-refractivity contribution is -0.192. The number of carboxylic acids is 1. The Hall–Kier alpha value is -3.59. The number of carboxylic acid groups (broad SMARTS) is 1. The zero-order chi connectivity index (χ0) is 30.8. The first-order chi connectivity index (χ1) is 18.9. The quantitative estimate of drug-likeness (QED) is 0.276. The van der Waals surface area contributed by atoms with E-state index < -0.39 is 38.1 Å². The number of aryl methyl sites for hydroxylation is 1. The van der Waals surface area contributed by atoms with Gasteiger partial charge in [0, 0.05) is 18.3 Å². The second kappa shape index (κ2) is 12.1. The van der Waals surface area contributed by atoms with Crippen LogP contribution >= 0.6 is 22.9 Å². The third-order valence-corrected chi connectivity index (χ3v) is 8.29. The monoisotopic (exact) mass is 662 g/mol. The van der Waals surface area contributed by atoms with Crippen molar-refractivity contribution in [3.8, 4) is 11.5 Å². The molecule has 0 bridgehead atoms. The van der Waals surface area contributed by atoms with Gasteiger partial charge in [-0.1, -0.05) is 16.8 Å². The molecule has 224 valence electrons. The number of aromatic nitrogens is 1. The zero-order valence-corrected chi connectivity index (χ0v) is 23.7. The molecule has 1 amide bonds. The van der Waals surface area contributed by atoms with Crippen molar-refractivity contribution in [2.45, 2.75) is 24.5 Å². The Kier molecular flexibility index (Phi) is 9.43. The highest BCUT2D eigenvalue weighted by molar-refractivity contribution is 7.93. The lowest BCUT2D eigenvalue weighted by Gasteiger charge is -2.13. The summed E-state index contributed by atoms with van der Waals surface area (Å²) in [4.78, 5) is 21.5. The summed E-state index contributed by atoms with van der Waals surface area (Å²) in [5, 5.41) is 14.8. The third-order valence-electron chi connectivity index (χ3n) is 4.76. The van der Waals surface area contributed by atoms with E-state index in [0.29, 0.717) is 22.8 Å². The molecule has 41 heavy (non-hydrogen) atoms. The number of thiophene rings is 1. The van der Waals surface area contributed by atoms with Crippen molar-refractivity contribution in [1.29, 1.82) is 0 Å². The van der Waals surface area contributed by atoms with E-state index in [1.807, 2.05) is 0 Å². The average molecular weight is 663 g/mol. The van der Waals surface area contributed by atoms with Crippen LogP contribution in [0.4, 0.5) is 24.7 Å². The number of alkyl halides is 3.